The maximum absolute atomic E-state index is 10.0. The molecule has 2 aromatic carbocycles. The van der Waals surface area contributed by atoms with E-state index in [1.54, 1.807) is 6.20 Å². The first kappa shape index (κ1) is 23.3. The number of allylic oxidation sites excluding steroid dienone is 2. The standard InChI is InChI=1S/C29H34N5O2/c30-34-13-11-31-17-27(34)28(24-14-22(15-24)18-33-12-5-9-25(35)19-33)32-29(34)23-8-4-10-26(16-23)36-20-21-6-2-1-3-7-21/h1-4,6-8,10-11,13,16-17,22,24-25,35H,5,9,12,14-15,18-20,30H2/q+1. The number of piperidine rings is 1. The number of rotatable bonds is 7. The summed E-state index contributed by atoms with van der Waals surface area (Å²) in [7, 11) is 0. The lowest BCUT2D eigenvalue weighted by atomic mass is 9.72. The summed E-state index contributed by atoms with van der Waals surface area (Å²) in [6, 6.07) is 18.2. The molecule has 2 unspecified atom stereocenters. The summed E-state index contributed by atoms with van der Waals surface area (Å²) in [5, 5.41) is 10.0. The molecule has 1 saturated carbocycles. The number of β-amino-alcohol motifs (C(OH)–C–C–N with tert-alkyl or cyclic N) is 1. The van der Waals surface area contributed by atoms with Crippen LogP contribution in [0.25, 0.3) is 0 Å². The Bertz CT molecular complexity index is 1230. The van der Waals surface area contributed by atoms with Gasteiger partial charge in [-0.2, -0.15) is 10.8 Å². The highest BCUT2D eigenvalue weighted by molar-refractivity contribution is 6.00. The van der Waals surface area contributed by atoms with Gasteiger partial charge in [0.2, 0.25) is 5.70 Å². The Morgan fingerprint density at radius 2 is 1.97 bits per heavy atom. The molecule has 3 aliphatic heterocycles. The first-order chi connectivity index (χ1) is 17.6. The molecule has 1 aliphatic carbocycles. The zero-order valence-corrected chi connectivity index (χ0v) is 20.5. The molecule has 1 saturated heterocycles. The molecule has 2 fully saturated rings. The number of aliphatic hydroxyl groups is 1. The fourth-order valence-corrected chi connectivity index (χ4v) is 5.84. The predicted molar refractivity (Wildman–Crippen MR) is 141 cm³/mol. The predicted octanol–water partition coefficient (Wildman–Crippen LogP) is 3.97. The minimum Gasteiger partial charge on any atom is -0.489 e. The second-order valence-corrected chi connectivity index (χ2v) is 10.5. The highest BCUT2D eigenvalue weighted by Crippen LogP contribution is 2.45. The minimum atomic E-state index is -0.172. The summed E-state index contributed by atoms with van der Waals surface area (Å²) >= 11 is 0. The lowest BCUT2D eigenvalue weighted by molar-refractivity contribution is -0.750. The Balaban J connectivity index is 1.18. The number of aliphatic imine (C=N–C) groups is 2. The van der Waals surface area contributed by atoms with Crippen molar-refractivity contribution in [3.05, 3.63) is 89.5 Å². The van der Waals surface area contributed by atoms with Crippen molar-refractivity contribution in [1.29, 1.82) is 0 Å². The SMILES string of the molecule is N[N+]12C=CN=CC1=C(C1CC(CN3CCCC(O)C3)C1)N=C2c1cccc(OCc2ccccc2)c1. The van der Waals surface area contributed by atoms with E-state index in [0.29, 0.717) is 18.4 Å². The lowest BCUT2D eigenvalue weighted by Crippen LogP contribution is -2.53. The Morgan fingerprint density at radius 3 is 2.81 bits per heavy atom. The Hall–Kier alpha value is -3.10. The minimum absolute atomic E-state index is 0.0421. The fraction of sp³-hybridized carbons (Fsp3) is 0.379. The van der Waals surface area contributed by atoms with E-state index in [4.69, 9.17) is 15.6 Å². The molecule has 7 heteroatoms. The lowest BCUT2D eigenvalue weighted by Gasteiger charge is -2.40. The highest BCUT2D eigenvalue weighted by Gasteiger charge is 2.48. The summed E-state index contributed by atoms with van der Waals surface area (Å²) in [6.07, 6.45) is 9.57. The van der Waals surface area contributed by atoms with Crippen LogP contribution in [0.1, 0.15) is 36.8 Å². The van der Waals surface area contributed by atoms with Gasteiger partial charge in [0.15, 0.2) is 0 Å². The van der Waals surface area contributed by atoms with Crippen LogP contribution in [-0.2, 0) is 6.61 Å². The summed E-state index contributed by atoms with van der Waals surface area (Å²) in [6.45, 7) is 3.47. The van der Waals surface area contributed by atoms with Crippen LogP contribution in [-0.4, -0.2) is 52.4 Å². The molecule has 0 bridgehead atoms. The second-order valence-electron chi connectivity index (χ2n) is 10.5. The summed E-state index contributed by atoms with van der Waals surface area (Å²) in [5.41, 5.74) is 4.10. The van der Waals surface area contributed by atoms with Gasteiger partial charge in [-0.05, 0) is 61.9 Å². The van der Waals surface area contributed by atoms with Crippen LogP contribution in [0.2, 0.25) is 0 Å². The van der Waals surface area contributed by atoms with Crippen LogP contribution in [0.4, 0.5) is 0 Å². The van der Waals surface area contributed by atoms with Gasteiger partial charge < -0.3 is 14.7 Å². The fourth-order valence-electron chi connectivity index (χ4n) is 5.84. The third-order valence-electron chi connectivity index (χ3n) is 7.78. The molecule has 0 aromatic heterocycles. The molecule has 3 N–H and O–H groups in total. The molecule has 6 rings (SSSR count). The molecule has 186 valence electrons. The van der Waals surface area contributed by atoms with Crippen molar-refractivity contribution in [3.63, 3.8) is 0 Å². The van der Waals surface area contributed by atoms with Gasteiger partial charge in [-0.15, -0.1) is 4.59 Å². The monoisotopic (exact) mass is 484 g/mol. The number of fused-ring (bicyclic) bond motifs is 1. The number of amidine groups is 1. The Morgan fingerprint density at radius 1 is 1.11 bits per heavy atom. The zero-order chi connectivity index (χ0) is 24.5. The molecule has 3 heterocycles. The van der Waals surface area contributed by atoms with Gasteiger partial charge in [0, 0.05) is 19.0 Å². The van der Waals surface area contributed by atoms with E-state index in [0.717, 1.165) is 79.4 Å². The average Bonchev–Trinajstić information content (AvgIpc) is 3.18. The van der Waals surface area contributed by atoms with E-state index >= 15 is 0 Å². The van der Waals surface area contributed by atoms with Gasteiger partial charge in [0.05, 0.1) is 24.1 Å². The van der Waals surface area contributed by atoms with Crippen LogP contribution in [0.5, 0.6) is 5.75 Å². The van der Waals surface area contributed by atoms with Crippen molar-refractivity contribution < 1.29 is 14.4 Å². The van der Waals surface area contributed by atoms with E-state index in [-0.39, 0.29) is 10.7 Å². The van der Waals surface area contributed by atoms with Crippen molar-refractivity contribution in [1.82, 2.24) is 4.90 Å². The van der Waals surface area contributed by atoms with Gasteiger partial charge in [0.1, 0.15) is 24.3 Å². The first-order valence-corrected chi connectivity index (χ1v) is 13.0. The van der Waals surface area contributed by atoms with Crippen molar-refractivity contribution >= 4 is 12.1 Å². The number of nitrogens with zero attached hydrogens (tertiary/aromatic N) is 4. The molecular formula is C29H34N5O2+. The van der Waals surface area contributed by atoms with Crippen LogP contribution in [0.3, 0.4) is 0 Å². The zero-order valence-electron chi connectivity index (χ0n) is 20.5. The van der Waals surface area contributed by atoms with E-state index in [2.05, 4.69) is 22.0 Å². The van der Waals surface area contributed by atoms with E-state index in [9.17, 15) is 5.11 Å². The maximum atomic E-state index is 10.0. The Kier molecular flexibility index (Phi) is 6.31. The van der Waals surface area contributed by atoms with Crippen molar-refractivity contribution in [2.45, 2.75) is 38.4 Å². The molecule has 36 heavy (non-hydrogen) atoms. The average molecular weight is 485 g/mol. The number of likely N-dealkylation sites (tertiary alicyclic amines) is 1. The highest BCUT2D eigenvalue weighted by atomic mass is 16.5. The maximum Gasteiger partial charge on any atom is 0.265 e. The molecule has 2 aromatic rings. The van der Waals surface area contributed by atoms with Crippen LogP contribution in [0, 0.1) is 11.8 Å². The van der Waals surface area contributed by atoms with Crippen LogP contribution >= 0.6 is 0 Å². The van der Waals surface area contributed by atoms with Crippen LogP contribution in [0.15, 0.2) is 88.4 Å². The third-order valence-corrected chi connectivity index (χ3v) is 7.78. The van der Waals surface area contributed by atoms with Crippen LogP contribution < -0.4 is 10.6 Å². The number of ether oxygens (including phenoxy) is 1. The quantitative estimate of drug-likeness (QED) is 0.460. The smallest absolute Gasteiger partial charge is 0.265 e. The number of quaternary nitrogens is 1. The number of benzene rings is 2. The first-order valence-electron chi connectivity index (χ1n) is 13.0. The van der Waals surface area contributed by atoms with Gasteiger partial charge in [-0.25, -0.2) is 0 Å². The van der Waals surface area contributed by atoms with Gasteiger partial charge in [-0.1, -0.05) is 36.4 Å². The van der Waals surface area contributed by atoms with Gasteiger partial charge in [0.25, 0.3) is 5.84 Å². The Labute approximate surface area is 212 Å². The van der Waals surface area contributed by atoms with E-state index in [1.807, 2.05) is 54.9 Å². The summed E-state index contributed by atoms with van der Waals surface area (Å²) in [4.78, 5) is 12.0. The van der Waals surface area contributed by atoms with Gasteiger partial charge in [-0.3, -0.25) is 4.99 Å². The summed E-state index contributed by atoms with van der Waals surface area (Å²) < 4.78 is 6.12. The van der Waals surface area contributed by atoms with Crippen molar-refractivity contribution in [2.24, 2.45) is 27.7 Å². The second kappa shape index (κ2) is 9.75. The molecule has 4 aliphatic rings. The number of hydrogen-bond donors (Lipinski definition) is 2. The third kappa shape index (κ3) is 4.55. The van der Waals surface area contributed by atoms with E-state index < -0.39 is 0 Å². The van der Waals surface area contributed by atoms with Gasteiger partial charge >= 0.3 is 0 Å². The number of aliphatic hydroxyl groups excluding tert-OH is 1. The molecule has 0 spiro atoms. The molecule has 2 atom stereocenters. The normalized spacial score (nSPS) is 29.6. The topological polar surface area (TPSA) is 83.4 Å². The van der Waals surface area contributed by atoms with Crippen molar-refractivity contribution in [2.75, 3.05) is 19.6 Å². The van der Waals surface area contributed by atoms with E-state index in [1.165, 1.54) is 0 Å². The largest absolute Gasteiger partial charge is 0.489 e. The molecule has 0 amide bonds. The molecule has 0 radical (unpaired) electrons. The summed E-state index contributed by atoms with van der Waals surface area (Å²) in [5.74, 6) is 9.57. The molecular weight excluding hydrogens is 450 g/mol. The number of nitrogens with two attached hydrogens (primary N) is 1. The van der Waals surface area contributed by atoms with Crippen molar-refractivity contribution in [3.8, 4) is 5.75 Å². The number of hydrogen-bond acceptors (Lipinski definition) is 6. The molecule has 7 nitrogen and oxygen atoms in total.